The molecule has 0 unspecified atom stereocenters. The number of aliphatic hydroxyl groups excluding tert-OH is 2. The molecule has 24 heavy (non-hydrogen) atoms. The topological polar surface area (TPSA) is 151 Å². The monoisotopic (exact) mass is 340 g/mol. The lowest BCUT2D eigenvalue weighted by atomic mass is 10.0. The summed E-state index contributed by atoms with van der Waals surface area (Å²) >= 11 is 0. The van der Waals surface area contributed by atoms with Crippen molar-refractivity contribution in [3.05, 3.63) is 34.9 Å². The number of benzene rings is 1. The number of rotatable bonds is 9. The molecule has 1 aromatic rings. The molecule has 0 aliphatic rings. The molecular weight excluding hydrogens is 318 g/mol. The minimum absolute atomic E-state index is 0.00621. The molecule has 1 rings (SSSR count). The molecule has 1 aromatic carbocycles. The lowest BCUT2D eigenvalue weighted by Gasteiger charge is -2.10. The second kappa shape index (κ2) is 10.3. The first-order valence-electron chi connectivity index (χ1n) is 7.39. The molecule has 0 atom stereocenters. The highest BCUT2D eigenvalue weighted by Gasteiger charge is 2.16. The average molecular weight is 340 g/mol. The van der Waals surface area contributed by atoms with E-state index in [0.717, 1.165) is 0 Å². The molecular formula is C15H22N3O6+. The molecule has 7 N–H and O–H groups in total. The highest BCUT2D eigenvalue weighted by atomic mass is 16.3. The van der Waals surface area contributed by atoms with E-state index in [9.17, 15) is 14.4 Å². The van der Waals surface area contributed by atoms with Gasteiger partial charge < -0.3 is 31.3 Å². The first-order chi connectivity index (χ1) is 11.5. The molecule has 0 saturated carbocycles. The zero-order chi connectivity index (χ0) is 17.9. The van der Waals surface area contributed by atoms with Gasteiger partial charge in [-0.3, -0.25) is 14.4 Å². The molecule has 0 heterocycles. The Morgan fingerprint density at radius 1 is 0.750 bits per heavy atom. The molecule has 9 nitrogen and oxygen atoms in total. The Morgan fingerprint density at radius 3 is 1.38 bits per heavy atom. The van der Waals surface area contributed by atoms with Crippen LogP contribution in [-0.2, 0) is 0 Å². The van der Waals surface area contributed by atoms with Crippen LogP contribution in [0.15, 0.2) is 18.2 Å². The van der Waals surface area contributed by atoms with E-state index in [0.29, 0.717) is 0 Å². The molecule has 0 saturated heterocycles. The fraction of sp³-hybridized carbons (Fsp3) is 0.400. The summed E-state index contributed by atoms with van der Waals surface area (Å²) in [5.74, 6) is -1.57. The minimum atomic E-state index is -0.532. The summed E-state index contributed by atoms with van der Waals surface area (Å²) in [5, 5.41) is 31.9. The van der Waals surface area contributed by atoms with E-state index in [4.69, 9.17) is 15.3 Å². The van der Waals surface area contributed by atoms with E-state index >= 15 is 0 Å². The van der Waals surface area contributed by atoms with Crippen molar-refractivity contribution < 1.29 is 29.7 Å². The molecule has 0 aliphatic carbocycles. The molecule has 9 heteroatoms. The number of hydrogen-bond donors (Lipinski definition) is 5. The summed E-state index contributed by atoms with van der Waals surface area (Å²) in [4.78, 5) is 36.1. The maximum atomic E-state index is 12.0. The third-order valence-electron chi connectivity index (χ3n) is 2.92. The number of nitrogens with one attached hydrogen (secondary N) is 3. The summed E-state index contributed by atoms with van der Waals surface area (Å²) in [6.45, 7) is -0.239. The number of amides is 3. The van der Waals surface area contributed by atoms with Crippen LogP contribution in [0.25, 0.3) is 0 Å². The van der Waals surface area contributed by atoms with Crippen LogP contribution < -0.4 is 16.0 Å². The van der Waals surface area contributed by atoms with Crippen LogP contribution in [0.1, 0.15) is 31.1 Å². The van der Waals surface area contributed by atoms with Crippen LogP contribution in [0.5, 0.6) is 0 Å². The van der Waals surface area contributed by atoms with Crippen molar-refractivity contribution in [1.82, 2.24) is 16.0 Å². The Kier molecular flexibility index (Phi) is 8.41. The van der Waals surface area contributed by atoms with Gasteiger partial charge in [0, 0.05) is 29.8 Å². The zero-order valence-electron chi connectivity index (χ0n) is 13.1. The highest BCUT2D eigenvalue weighted by molar-refractivity contribution is 6.04. The lowest BCUT2D eigenvalue weighted by Crippen LogP contribution is -2.30. The third kappa shape index (κ3) is 5.95. The fourth-order valence-electron chi connectivity index (χ4n) is 1.84. The summed E-state index contributed by atoms with van der Waals surface area (Å²) in [6, 6.07) is 3.98. The number of carbonyl (C=O) groups is 3. The van der Waals surface area contributed by atoms with E-state index in [1.165, 1.54) is 18.2 Å². The Morgan fingerprint density at radius 2 is 1.08 bits per heavy atom. The lowest BCUT2D eigenvalue weighted by molar-refractivity contribution is 0.0944. The van der Waals surface area contributed by atoms with Crippen LogP contribution in [0.3, 0.4) is 0 Å². The normalized spacial score (nSPS) is 10.1. The Bertz CT molecular complexity index is 497. The first-order valence-corrected chi connectivity index (χ1v) is 7.39. The SMILES string of the molecule is O=C(NCCO)c1cc(C(=O)NCCO)cc(C(=O)NCC[OH2+])c1. The van der Waals surface area contributed by atoms with E-state index in [1.807, 2.05) is 0 Å². The van der Waals surface area contributed by atoms with Crippen molar-refractivity contribution in [2.24, 2.45) is 0 Å². The van der Waals surface area contributed by atoms with Crippen molar-refractivity contribution in [1.29, 1.82) is 0 Å². The zero-order valence-corrected chi connectivity index (χ0v) is 13.1. The van der Waals surface area contributed by atoms with Gasteiger partial charge in [-0.2, -0.15) is 0 Å². The van der Waals surface area contributed by atoms with Gasteiger partial charge in [-0.1, -0.05) is 0 Å². The molecule has 0 fully saturated rings. The van der Waals surface area contributed by atoms with Crippen LogP contribution in [0.4, 0.5) is 0 Å². The molecule has 0 radical (unpaired) electrons. The van der Waals surface area contributed by atoms with Gasteiger partial charge in [0.1, 0.15) is 0 Å². The number of hydrogen-bond acceptors (Lipinski definition) is 5. The van der Waals surface area contributed by atoms with Gasteiger partial charge in [0.2, 0.25) is 0 Å². The summed E-state index contributed by atoms with van der Waals surface area (Å²) < 4.78 is 0. The quantitative estimate of drug-likeness (QED) is 0.317. The number of aliphatic hydroxyl groups is 2. The first kappa shape index (κ1) is 19.6. The van der Waals surface area contributed by atoms with Gasteiger partial charge in [-0.05, 0) is 18.2 Å². The maximum absolute atomic E-state index is 12.0. The standard InChI is InChI=1S/C15H21N3O6/c19-4-1-16-13(22)10-7-11(14(23)17-2-5-20)9-12(8-10)15(24)18-3-6-21/h7-9,19-21H,1-6H2,(H,16,22)(H,17,23)(H,18,24)/p+1. The summed E-state index contributed by atoms with van der Waals surface area (Å²) in [6.07, 6.45) is 0. The van der Waals surface area contributed by atoms with E-state index in [2.05, 4.69) is 16.0 Å². The fourth-order valence-corrected chi connectivity index (χ4v) is 1.84. The van der Waals surface area contributed by atoms with Gasteiger partial charge in [0.25, 0.3) is 17.7 Å². The smallest absolute Gasteiger partial charge is 0.251 e. The molecule has 0 bridgehead atoms. The van der Waals surface area contributed by atoms with Crippen LogP contribution >= 0.6 is 0 Å². The second-order valence-electron chi connectivity index (χ2n) is 4.76. The Hall–Kier alpha value is -2.49. The van der Waals surface area contributed by atoms with E-state index in [-0.39, 0.29) is 56.1 Å². The van der Waals surface area contributed by atoms with Gasteiger partial charge in [-0.15, -0.1) is 0 Å². The predicted octanol–water partition coefficient (Wildman–Crippen LogP) is -2.41. The highest BCUT2D eigenvalue weighted by Crippen LogP contribution is 2.11. The average Bonchev–Trinajstić information content (AvgIpc) is 2.61. The minimum Gasteiger partial charge on any atom is -0.444 e. The van der Waals surface area contributed by atoms with E-state index in [1.54, 1.807) is 0 Å². The number of carbonyl (C=O) groups excluding carboxylic acids is 3. The van der Waals surface area contributed by atoms with E-state index < -0.39 is 17.7 Å². The molecule has 132 valence electrons. The Balaban J connectivity index is 3.11. The van der Waals surface area contributed by atoms with Crippen molar-refractivity contribution in [3.63, 3.8) is 0 Å². The maximum Gasteiger partial charge on any atom is 0.251 e. The van der Waals surface area contributed by atoms with Crippen LogP contribution in [0.2, 0.25) is 0 Å². The van der Waals surface area contributed by atoms with Crippen molar-refractivity contribution in [2.75, 3.05) is 39.5 Å². The molecule has 0 aromatic heterocycles. The Labute approximate surface area is 138 Å². The second-order valence-corrected chi connectivity index (χ2v) is 4.76. The van der Waals surface area contributed by atoms with Gasteiger partial charge >= 0.3 is 0 Å². The van der Waals surface area contributed by atoms with Crippen LogP contribution in [-0.4, -0.2) is 72.5 Å². The molecule has 3 amide bonds. The predicted molar refractivity (Wildman–Crippen MR) is 86.1 cm³/mol. The van der Waals surface area contributed by atoms with Crippen LogP contribution in [0, 0.1) is 0 Å². The van der Waals surface area contributed by atoms with Gasteiger partial charge in [-0.25, -0.2) is 0 Å². The van der Waals surface area contributed by atoms with Gasteiger partial charge in [0.15, 0.2) is 6.61 Å². The largest absolute Gasteiger partial charge is 0.444 e. The van der Waals surface area contributed by atoms with Gasteiger partial charge in [0.05, 0.1) is 19.8 Å². The van der Waals surface area contributed by atoms with Crippen molar-refractivity contribution in [3.8, 4) is 0 Å². The molecule has 0 aliphatic heterocycles. The molecule has 0 spiro atoms. The third-order valence-corrected chi connectivity index (χ3v) is 2.92. The summed E-state index contributed by atoms with van der Waals surface area (Å²) in [5.41, 5.74) is 0.293. The summed E-state index contributed by atoms with van der Waals surface area (Å²) in [7, 11) is 0. The van der Waals surface area contributed by atoms with Crippen molar-refractivity contribution in [2.45, 2.75) is 0 Å². The van der Waals surface area contributed by atoms with Crippen molar-refractivity contribution >= 4 is 17.7 Å².